The van der Waals surface area contributed by atoms with Gasteiger partial charge in [-0.1, -0.05) is 11.6 Å². The van der Waals surface area contributed by atoms with Crippen molar-refractivity contribution in [3.8, 4) is 0 Å². The average Bonchev–Trinajstić information content (AvgIpc) is 3.06. The number of aromatic amines is 1. The van der Waals surface area contributed by atoms with Gasteiger partial charge >= 0.3 is 5.97 Å². The number of esters is 1. The molecule has 1 aromatic carbocycles. The lowest BCUT2D eigenvalue weighted by Crippen LogP contribution is -2.51. The van der Waals surface area contributed by atoms with E-state index >= 15 is 0 Å². The predicted octanol–water partition coefficient (Wildman–Crippen LogP) is 5.50. The van der Waals surface area contributed by atoms with E-state index in [-0.39, 0.29) is 11.4 Å². The highest BCUT2D eigenvalue weighted by Crippen LogP contribution is 2.62. The van der Waals surface area contributed by atoms with E-state index in [1.807, 2.05) is 32.9 Å². The summed E-state index contributed by atoms with van der Waals surface area (Å²) in [5.74, 6) is 0.479. The van der Waals surface area contributed by atoms with Crippen LogP contribution in [0.5, 0.6) is 0 Å². The molecule has 2 N–H and O–H groups in total. The number of nitrogens with one attached hydrogen (secondary N) is 1. The molecule has 1 heterocycles. The molecule has 6 heteroatoms. The van der Waals surface area contributed by atoms with Gasteiger partial charge in [-0.25, -0.2) is 0 Å². The minimum atomic E-state index is -0.834. The number of ether oxygens (including phenoxy) is 1. The normalized spacial score (nSPS) is 29.8. The fourth-order valence-corrected chi connectivity index (χ4v) is 5.64. The summed E-state index contributed by atoms with van der Waals surface area (Å²) in [6.45, 7) is 5.72. The van der Waals surface area contributed by atoms with Crippen molar-refractivity contribution in [2.45, 2.75) is 83.3 Å². The van der Waals surface area contributed by atoms with Crippen molar-refractivity contribution in [2.75, 3.05) is 0 Å². The van der Waals surface area contributed by atoms with Crippen LogP contribution < -0.4 is 0 Å². The van der Waals surface area contributed by atoms with Gasteiger partial charge in [0.15, 0.2) is 0 Å². The highest BCUT2D eigenvalue weighted by molar-refractivity contribution is 6.31. The number of carbonyl (C=O) groups is 1. The van der Waals surface area contributed by atoms with Crippen LogP contribution in [-0.2, 0) is 15.1 Å². The summed E-state index contributed by atoms with van der Waals surface area (Å²) in [6, 6.07) is 3.75. The molecule has 2 aromatic rings. The van der Waals surface area contributed by atoms with Crippen molar-refractivity contribution < 1.29 is 14.6 Å². The number of hydrogen-bond acceptors (Lipinski definition) is 4. The lowest BCUT2D eigenvalue weighted by molar-refractivity contribution is -0.157. The van der Waals surface area contributed by atoms with Crippen molar-refractivity contribution in [3.05, 3.63) is 28.9 Å². The zero-order valence-electron chi connectivity index (χ0n) is 17.6. The van der Waals surface area contributed by atoms with Crippen molar-refractivity contribution in [1.29, 1.82) is 0 Å². The van der Waals surface area contributed by atoms with Crippen molar-refractivity contribution in [1.82, 2.24) is 10.2 Å². The summed E-state index contributed by atoms with van der Waals surface area (Å²) in [6.07, 6.45) is 9.15. The summed E-state index contributed by atoms with van der Waals surface area (Å²) in [4.78, 5) is 12.0. The number of halogens is 1. The highest BCUT2D eigenvalue weighted by atomic mass is 35.5. The third-order valence-corrected chi connectivity index (χ3v) is 6.91. The van der Waals surface area contributed by atoms with E-state index < -0.39 is 11.2 Å². The van der Waals surface area contributed by atoms with Crippen LogP contribution in [0.25, 0.3) is 10.9 Å². The molecular formula is C23H31ClN2O3. The zero-order chi connectivity index (χ0) is 20.9. The van der Waals surface area contributed by atoms with Gasteiger partial charge in [0.05, 0.1) is 17.3 Å². The van der Waals surface area contributed by atoms with Crippen LogP contribution >= 0.6 is 11.6 Å². The Kier molecular flexibility index (Phi) is 5.19. The molecule has 4 rings (SSSR count). The Hall–Kier alpha value is -1.59. The van der Waals surface area contributed by atoms with E-state index in [1.54, 1.807) is 6.20 Å². The van der Waals surface area contributed by atoms with Gasteiger partial charge in [-0.3, -0.25) is 9.89 Å². The molecule has 0 radical (unpaired) electrons. The minimum absolute atomic E-state index is 0.0969. The molecule has 2 aliphatic rings. The maximum Gasteiger partial charge on any atom is 0.306 e. The van der Waals surface area contributed by atoms with Crippen LogP contribution in [0.3, 0.4) is 0 Å². The molecule has 158 valence electrons. The van der Waals surface area contributed by atoms with Gasteiger partial charge < -0.3 is 9.84 Å². The van der Waals surface area contributed by atoms with E-state index in [4.69, 9.17) is 16.3 Å². The molecule has 0 saturated heterocycles. The maximum absolute atomic E-state index is 12.0. The molecule has 1 spiro atoms. The standard InChI is InChI=1S/C23H31ClN2O3/c1-21(2,3)29-19(27)5-4-15-6-8-22(9-7-15)13-23(28,14-22)18-11-17(24)10-16-12-25-26-20(16)18/h10-12,15,28H,4-9,13-14H2,1-3H3,(H,25,26). The molecular weight excluding hydrogens is 388 g/mol. The molecule has 2 aliphatic carbocycles. The highest BCUT2D eigenvalue weighted by Gasteiger charge is 2.55. The van der Waals surface area contributed by atoms with Gasteiger partial charge in [0.2, 0.25) is 0 Å². The summed E-state index contributed by atoms with van der Waals surface area (Å²) >= 11 is 6.27. The number of nitrogens with zero attached hydrogens (tertiary/aromatic N) is 1. The third kappa shape index (κ3) is 4.31. The van der Waals surface area contributed by atoms with Gasteiger partial charge in [-0.2, -0.15) is 5.10 Å². The zero-order valence-corrected chi connectivity index (χ0v) is 18.3. The van der Waals surface area contributed by atoms with Crippen LogP contribution in [-0.4, -0.2) is 26.9 Å². The molecule has 2 fully saturated rings. The van der Waals surface area contributed by atoms with E-state index in [0.29, 0.717) is 17.4 Å². The van der Waals surface area contributed by atoms with Crippen LogP contribution in [0, 0.1) is 11.3 Å². The number of fused-ring (bicyclic) bond motifs is 1. The first-order valence-electron chi connectivity index (χ1n) is 10.6. The van der Waals surface area contributed by atoms with E-state index in [1.165, 1.54) is 0 Å². The Bertz CT molecular complexity index is 898. The number of hydrogen-bond donors (Lipinski definition) is 2. The monoisotopic (exact) mass is 418 g/mol. The SMILES string of the molecule is CC(C)(C)OC(=O)CCC1CCC2(CC1)CC(O)(c1cc(Cl)cc3cn[nH]c13)C2. The lowest BCUT2D eigenvalue weighted by atomic mass is 9.51. The van der Waals surface area contributed by atoms with Crippen LogP contribution in [0.15, 0.2) is 18.3 Å². The minimum Gasteiger partial charge on any atom is -0.460 e. The van der Waals surface area contributed by atoms with Gasteiger partial charge in [-0.05, 0) is 89.2 Å². The van der Waals surface area contributed by atoms with Crippen molar-refractivity contribution >= 4 is 28.5 Å². The molecule has 5 nitrogen and oxygen atoms in total. The summed E-state index contributed by atoms with van der Waals surface area (Å²) in [5.41, 5.74) is 0.725. The van der Waals surface area contributed by atoms with Crippen molar-refractivity contribution in [3.63, 3.8) is 0 Å². The molecule has 29 heavy (non-hydrogen) atoms. The van der Waals surface area contributed by atoms with E-state index in [9.17, 15) is 9.90 Å². The number of aliphatic hydroxyl groups is 1. The van der Waals surface area contributed by atoms with Gasteiger partial charge in [-0.15, -0.1) is 0 Å². The van der Waals surface area contributed by atoms with Crippen molar-refractivity contribution in [2.24, 2.45) is 11.3 Å². The number of carbonyl (C=O) groups excluding carboxylic acids is 1. The Morgan fingerprint density at radius 3 is 2.66 bits per heavy atom. The topological polar surface area (TPSA) is 75.2 Å². The third-order valence-electron chi connectivity index (χ3n) is 6.69. The Morgan fingerprint density at radius 1 is 1.31 bits per heavy atom. The number of H-pyrrole nitrogens is 1. The second-order valence-corrected chi connectivity index (χ2v) is 10.7. The maximum atomic E-state index is 12.0. The van der Waals surface area contributed by atoms with Gasteiger partial charge in [0, 0.05) is 22.4 Å². The largest absolute Gasteiger partial charge is 0.460 e. The fraction of sp³-hybridized carbons (Fsp3) is 0.652. The first-order valence-corrected chi connectivity index (χ1v) is 11.0. The lowest BCUT2D eigenvalue weighted by Gasteiger charge is -2.56. The van der Waals surface area contributed by atoms with Crippen LogP contribution in [0.2, 0.25) is 5.02 Å². The molecule has 0 aliphatic heterocycles. The van der Waals surface area contributed by atoms with E-state index in [2.05, 4.69) is 10.2 Å². The second-order valence-electron chi connectivity index (χ2n) is 10.2. The Balaban J connectivity index is 1.33. The van der Waals surface area contributed by atoms with Gasteiger partial charge in [0.1, 0.15) is 5.60 Å². The van der Waals surface area contributed by atoms with Gasteiger partial charge in [0.25, 0.3) is 0 Å². The smallest absolute Gasteiger partial charge is 0.306 e. The van der Waals surface area contributed by atoms with E-state index in [0.717, 1.165) is 61.4 Å². The summed E-state index contributed by atoms with van der Waals surface area (Å²) in [5, 5.41) is 20.0. The van der Waals surface area contributed by atoms with Crippen LogP contribution in [0.4, 0.5) is 0 Å². The quantitative estimate of drug-likeness (QED) is 0.643. The molecule has 0 amide bonds. The number of aromatic nitrogens is 2. The fourth-order valence-electron chi connectivity index (χ4n) is 5.41. The number of benzene rings is 1. The molecule has 2 saturated carbocycles. The molecule has 0 atom stereocenters. The predicted molar refractivity (Wildman–Crippen MR) is 114 cm³/mol. The molecule has 0 unspecified atom stereocenters. The second kappa shape index (κ2) is 7.28. The molecule has 1 aromatic heterocycles. The molecule has 0 bridgehead atoms. The first kappa shape index (κ1) is 20.7. The first-order chi connectivity index (χ1) is 13.6. The Labute approximate surface area is 177 Å². The Morgan fingerprint density at radius 2 is 2.00 bits per heavy atom. The summed E-state index contributed by atoms with van der Waals surface area (Å²) < 4.78 is 5.43. The average molecular weight is 419 g/mol. The number of rotatable bonds is 4. The summed E-state index contributed by atoms with van der Waals surface area (Å²) in [7, 11) is 0. The van der Waals surface area contributed by atoms with Crippen LogP contribution in [0.1, 0.15) is 77.7 Å².